The molecule has 0 unspecified atom stereocenters. The van der Waals surface area contributed by atoms with Gasteiger partial charge in [0, 0.05) is 18.1 Å². The van der Waals surface area contributed by atoms with E-state index in [4.69, 9.17) is 11.6 Å². The van der Waals surface area contributed by atoms with Crippen LogP contribution in [0.4, 0.5) is 0 Å². The monoisotopic (exact) mass is 330 g/mol. The van der Waals surface area contributed by atoms with Gasteiger partial charge in [0.2, 0.25) is 15.9 Å². The topological polar surface area (TPSA) is 66.5 Å². The quantitative estimate of drug-likeness (QED) is 0.898. The lowest BCUT2D eigenvalue weighted by Crippen LogP contribution is -2.46. The van der Waals surface area contributed by atoms with Crippen molar-refractivity contribution in [2.45, 2.75) is 37.1 Å². The van der Waals surface area contributed by atoms with Crippen LogP contribution in [0.1, 0.15) is 26.2 Å². The summed E-state index contributed by atoms with van der Waals surface area (Å²) in [6.07, 6.45) is 2.07. The van der Waals surface area contributed by atoms with Crippen LogP contribution in [0, 0.1) is 0 Å². The lowest BCUT2D eigenvalue weighted by Gasteiger charge is -2.23. The number of rotatable bonds is 5. The number of carbonyl (C=O) groups excluding carboxylic acids is 1. The van der Waals surface area contributed by atoms with E-state index in [2.05, 4.69) is 5.32 Å². The summed E-state index contributed by atoms with van der Waals surface area (Å²) in [4.78, 5) is 12.3. The summed E-state index contributed by atoms with van der Waals surface area (Å²) in [6.45, 7) is 2.89. The number of carbonyl (C=O) groups is 1. The highest BCUT2D eigenvalue weighted by atomic mass is 35.5. The molecule has 116 valence electrons. The Labute approximate surface area is 130 Å². The number of hydrogen-bond donors (Lipinski definition) is 1. The highest BCUT2D eigenvalue weighted by Crippen LogP contribution is 2.26. The minimum absolute atomic E-state index is 0.169. The number of hydrogen-bond acceptors (Lipinski definition) is 3. The van der Waals surface area contributed by atoms with Gasteiger partial charge < -0.3 is 5.32 Å². The summed E-state index contributed by atoms with van der Waals surface area (Å²) >= 11 is 5.79. The second-order valence-electron chi connectivity index (χ2n) is 5.02. The summed E-state index contributed by atoms with van der Waals surface area (Å²) in [6, 6.07) is 5.40. The number of amides is 1. The summed E-state index contributed by atoms with van der Waals surface area (Å²) in [7, 11) is -3.66. The maximum absolute atomic E-state index is 12.6. The van der Waals surface area contributed by atoms with E-state index in [1.54, 1.807) is 0 Å². The smallest absolute Gasteiger partial charge is 0.243 e. The van der Waals surface area contributed by atoms with Gasteiger partial charge >= 0.3 is 0 Å². The molecule has 1 aromatic rings. The van der Waals surface area contributed by atoms with Crippen molar-refractivity contribution in [1.29, 1.82) is 0 Å². The zero-order valence-corrected chi connectivity index (χ0v) is 13.5. The first kappa shape index (κ1) is 16.3. The van der Waals surface area contributed by atoms with E-state index in [0.29, 0.717) is 31.0 Å². The Kier molecular flexibility index (Phi) is 5.24. The fourth-order valence-corrected chi connectivity index (χ4v) is 4.18. The lowest BCUT2D eigenvalue weighted by atomic mass is 10.2. The van der Waals surface area contributed by atoms with Gasteiger partial charge in [-0.15, -0.1) is 0 Å². The third-order valence-corrected chi connectivity index (χ3v) is 5.65. The van der Waals surface area contributed by atoms with Gasteiger partial charge in [0.15, 0.2) is 0 Å². The molecule has 7 heteroatoms. The Morgan fingerprint density at radius 2 is 2.05 bits per heavy atom. The molecule has 0 radical (unpaired) electrons. The third-order valence-electron chi connectivity index (χ3n) is 3.48. The van der Waals surface area contributed by atoms with Gasteiger partial charge in [0.05, 0.1) is 4.90 Å². The molecule has 1 aliphatic heterocycles. The van der Waals surface area contributed by atoms with Crippen LogP contribution in [-0.2, 0) is 14.8 Å². The molecular formula is C14H19ClN2O3S. The molecule has 1 heterocycles. The maximum atomic E-state index is 12.6. The molecule has 5 nitrogen and oxygen atoms in total. The molecule has 1 saturated heterocycles. The van der Waals surface area contributed by atoms with Crippen LogP contribution in [0.15, 0.2) is 29.2 Å². The van der Waals surface area contributed by atoms with Gasteiger partial charge in [0.1, 0.15) is 6.04 Å². The molecule has 0 aromatic heterocycles. The summed E-state index contributed by atoms with van der Waals surface area (Å²) in [5, 5.41) is 3.25. The number of benzene rings is 1. The molecule has 2 rings (SSSR count). The minimum atomic E-state index is -3.66. The van der Waals surface area contributed by atoms with Crippen molar-refractivity contribution in [1.82, 2.24) is 9.62 Å². The molecule has 21 heavy (non-hydrogen) atoms. The van der Waals surface area contributed by atoms with Crippen molar-refractivity contribution in [2.24, 2.45) is 0 Å². The van der Waals surface area contributed by atoms with E-state index in [9.17, 15) is 13.2 Å². The largest absolute Gasteiger partial charge is 0.355 e. The summed E-state index contributed by atoms with van der Waals surface area (Å²) < 4.78 is 26.6. The molecule has 1 aliphatic rings. The first-order chi connectivity index (χ1) is 9.96. The molecule has 1 atom stereocenters. The van der Waals surface area contributed by atoms with Crippen molar-refractivity contribution in [3.8, 4) is 0 Å². The van der Waals surface area contributed by atoms with E-state index in [-0.39, 0.29) is 10.8 Å². The van der Waals surface area contributed by atoms with Crippen LogP contribution in [0.3, 0.4) is 0 Å². The van der Waals surface area contributed by atoms with E-state index < -0.39 is 16.1 Å². The van der Waals surface area contributed by atoms with E-state index in [0.717, 1.165) is 6.42 Å². The minimum Gasteiger partial charge on any atom is -0.355 e. The Morgan fingerprint density at radius 1 is 1.38 bits per heavy atom. The van der Waals surface area contributed by atoms with Crippen molar-refractivity contribution >= 4 is 27.5 Å². The molecule has 1 N–H and O–H groups in total. The number of nitrogens with zero attached hydrogens (tertiary/aromatic N) is 1. The lowest BCUT2D eigenvalue weighted by molar-refractivity contribution is -0.124. The molecule has 1 fully saturated rings. The average molecular weight is 331 g/mol. The third kappa shape index (κ3) is 3.56. The number of halogens is 1. The number of nitrogens with one attached hydrogen (secondary N) is 1. The standard InChI is InChI=1S/C14H19ClN2O3S/c1-2-9-16-14(18)13-4-3-10-17(13)21(19,20)12-7-5-11(15)6-8-12/h5-8,13H,2-4,9-10H2,1H3,(H,16,18)/t13-/m0/s1. The summed E-state index contributed by atoms with van der Waals surface area (Å²) in [5.74, 6) is -0.216. The number of sulfonamides is 1. The molecular weight excluding hydrogens is 312 g/mol. The van der Waals surface area contributed by atoms with Crippen molar-refractivity contribution in [3.63, 3.8) is 0 Å². The predicted molar refractivity (Wildman–Crippen MR) is 81.7 cm³/mol. The molecule has 0 bridgehead atoms. The van der Waals surface area contributed by atoms with Crippen molar-refractivity contribution in [2.75, 3.05) is 13.1 Å². The van der Waals surface area contributed by atoms with E-state index >= 15 is 0 Å². The Balaban J connectivity index is 2.22. The van der Waals surface area contributed by atoms with Crippen LogP contribution in [-0.4, -0.2) is 37.8 Å². The van der Waals surface area contributed by atoms with E-state index in [1.807, 2.05) is 6.92 Å². The van der Waals surface area contributed by atoms with Crippen LogP contribution < -0.4 is 5.32 Å². The SMILES string of the molecule is CCCNC(=O)[C@@H]1CCCN1S(=O)(=O)c1ccc(Cl)cc1. The second kappa shape index (κ2) is 6.77. The van der Waals surface area contributed by atoms with Gasteiger partial charge in [0.25, 0.3) is 0 Å². The average Bonchev–Trinajstić information content (AvgIpc) is 2.95. The normalized spacial score (nSPS) is 19.6. The zero-order chi connectivity index (χ0) is 15.5. The molecule has 1 amide bonds. The summed E-state index contributed by atoms with van der Waals surface area (Å²) in [5.41, 5.74) is 0. The van der Waals surface area contributed by atoms with Gasteiger partial charge in [-0.1, -0.05) is 18.5 Å². The van der Waals surface area contributed by atoms with Gasteiger partial charge in [-0.25, -0.2) is 8.42 Å². The maximum Gasteiger partial charge on any atom is 0.243 e. The van der Waals surface area contributed by atoms with Crippen molar-refractivity contribution in [3.05, 3.63) is 29.3 Å². The van der Waals surface area contributed by atoms with Gasteiger partial charge in [-0.3, -0.25) is 4.79 Å². The van der Waals surface area contributed by atoms with Crippen LogP contribution >= 0.6 is 11.6 Å². The molecule has 0 spiro atoms. The first-order valence-electron chi connectivity index (χ1n) is 7.02. The fourth-order valence-electron chi connectivity index (χ4n) is 2.40. The second-order valence-corrected chi connectivity index (χ2v) is 7.35. The van der Waals surface area contributed by atoms with Crippen LogP contribution in [0.25, 0.3) is 0 Å². The highest BCUT2D eigenvalue weighted by molar-refractivity contribution is 7.89. The Morgan fingerprint density at radius 3 is 2.67 bits per heavy atom. The molecule has 0 saturated carbocycles. The Hall–Kier alpha value is -1.11. The zero-order valence-electron chi connectivity index (χ0n) is 11.9. The predicted octanol–water partition coefficient (Wildman–Crippen LogP) is 2.02. The molecule has 1 aromatic carbocycles. The van der Waals surface area contributed by atoms with Gasteiger partial charge in [-0.2, -0.15) is 4.31 Å². The van der Waals surface area contributed by atoms with Gasteiger partial charge in [-0.05, 0) is 43.5 Å². The van der Waals surface area contributed by atoms with Crippen molar-refractivity contribution < 1.29 is 13.2 Å². The Bertz CT molecular complexity index is 601. The van der Waals surface area contributed by atoms with Crippen LogP contribution in [0.5, 0.6) is 0 Å². The highest BCUT2D eigenvalue weighted by Gasteiger charge is 2.39. The fraction of sp³-hybridized carbons (Fsp3) is 0.500. The van der Waals surface area contributed by atoms with E-state index in [1.165, 1.54) is 28.6 Å². The molecule has 0 aliphatic carbocycles. The van der Waals surface area contributed by atoms with Crippen LogP contribution in [0.2, 0.25) is 5.02 Å². The first-order valence-corrected chi connectivity index (χ1v) is 8.83.